The standard InChI is InChI=1S/C14H18Cl2N2O2S/c15-11-3-4-12(13(16)10(11)7-17)21(19,20)18-8-14(5-6-14)9-1-2-9/h3-4,9,18H,1-2,5-8,17H2. The van der Waals surface area contributed by atoms with Gasteiger partial charge in [0, 0.05) is 23.7 Å². The zero-order chi connectivity index (χ0) is 15.3. The van der Waals surface area contributed by atoms with Gasteiger partial charge >= 0.3 is 0 Å². The van der Waals surface area contributed by atoms with Gasteiger partial charge in [0.1, 0.15) is 4.90 Å². The van der Waals surface area contributed by atoms with Crippen LogP contribution in [0.15, 0.2) is 17.0 Å². The predicted molar refractivity (Wildman–Crippen MR) is 83.9 cm³/mol. The molecule has 0 aromatic heterocycles. The van der Waals surface area contributed by atoms with Crippen molar-refractivity contribution < 1.29 is 8.42 Å². The summed E-state index contributed by atoms with van der Waals surface area (Å²) in [4.78, 5) is 0.0561. The molecule has 4 nitrogen and oxygen atoms in total. The fraction of sp³-hybridized carbons (Fsp3) is 0.571. The molecule has 0 heterocycles. The molecule has 2 aliphatic carbocycles. The van der Waals surface area contributed by atoms with Crippen molar-refractivity contribution >= 4 is 33.2 Å². The van der Waals surface area contributed by atoms with Gasteiger partial charge in [0.05, 0.1) is 5.02 Å². The minimum Gasteiger partial charge on any atom is -0.326 e. The molecule has 3 N–H and O–H groups in total. The van der Waals surface area contributed by atoms with E-state index in [-0.39, 0.29) is 21.9 Å². The summed E-state index contributed by atoms with van der Waals surface area (Å²) < 4.78 is 27.7. The smallest absolute Gasteiger partial charge is 0.242 e. The van der Waals surface area contributed by atoms with Crippen LogP contribution in [0.5, 0.6) is 0 Å². The summed E-state index contributed by atoms with van der Waals surface area (Å²) in [6.07, 6.45) is 4.67. The van der Waals surface area contributed by atoms with E-state index in [0.29, 0.717) is 23.0 Å². The quantitative estimate of drug-likeness (QED) is 0.829. The van der Waals surface area contributed by atoms with Gasteiger partial charge in [-0.05, 0) is 49.1 Å². The maximum Gasteiger partial charge on any atom is 0.242 e. The molecule has 0 spiro atoms. The highest BCUT2D eigenvalue weighted by atomic mass is 35.5. The SMILES string of the molecule is NCc1c(Cl)ccc(S(=O)(=O)NCC2(C3CC3)CC2)c1Cl. The molecular formula is C14H18Cl2N2O2S. The largest absolute Gasteiger partial charge is 0.326 e. The third-order valence-corrected chi connectivity index (χ3v) is 6.94. The van der Waals surface area contributed by atoms with Gasteiger partial charge in [-0.3, -0.25) is 0 Å². The Kier molecular flexibility index (Phi) is 3.99. The molecule has 3 rings (SSSR count). The van der Waals surface area contributed by atoms with Crippen LogP contribution in [0, 0.1) is 11.3 Å². The Morgan fingerprint density at radius 3 is 2.48 bits per heavy atom. The Bertz CT molecular complexity index is 668. The van der Waals surface area contributed by atoms with Crippen molar-refractivity contribution in [1.82, 2.24) is 4.72 Å². The number of hydrogen-bond acceptors (Lipinski definition) is 3. The van der Waals surface area contributed by atoms with Crippen LogP contribution < -0.4 is 10.5 Å². The number of nitrogens with one attached hydrogen (secondary N) is 1. The second-order valence-electron chi connectivity index (χ2n) is 6.00. The van der Waals surface area contributed by atoms with Crippen molar-refractivity contribution in [1.29, 1.82) is 0 Å². The normalized spacial score (nSPS) is 20.5. The highest BCUT2D eigenvalue weighted by Crippen LogP contribution is 2.60. The van der Waals surface area contributed by atoms with Crippen molar-refractivity contribution in [3.8, 4) is 0 Å². The lowest BCUT2D eigenvalue weighted by molar-refractivity contribution is 0.432. The van der Waals surface area contributed by atoms with Crippen LogP contribution >= 0.6 is 23.2 Å². The van der Waals surface area contributed by atoms with E-state index < -0.39 is 10.0 Å². The van der Waals surface area contributed by atoms with Gasteiger partial charge in [-0.15, -0.1) is 0 Å². The first kappa shape index (κ1) is 15.6. The number of benzene rings is 1. The van der Waals surface area contributed by atoms with E-state index in [1.807, 2.05) is 0 Å². The van der Waals surface area contributed by atoms with Crippen molar-refractivity contribution in [2.75, 3.05) is 6.54 Å². The molecule has 1 aromatic rings. The second kappa shape index (κ2) is 5.39. The summed E-state index contributed by atoms with van der Waals surface area (Å²) in [5, 5.41) is 0.506. The third-order valence-electron chi connectivity index (χ3n) is 4.59. The fourth-order valence-electron chi connectivity index (χ4n) is 2.87. The molecule has 0 saturated heterocycles. The molecule has 2 fully saturated rings. The first-order chi connectivity index (χ1) is 9.89. The van der Waals surface area contributed by atoms with Crippen LogP contribution in [0.1, 0.15) is 31.2 Å². The molecular weight excluding hydrogens is 331 g/mol. The number of rotatable bonds is 6. The summed E-state index contributed by atoms with van der Waals surface area (Å²) in [6.45, 7) is 0.601. The first-order valence-electron chi connectivity index (χ1n) is 7.06. The van der Waals surface area contributed by atoms with Crippen LogP contribution in [0.2, 0.25) is 10.0 Å². The molecule has 2 aliphatic rings. The van der Waals surface area contributed by atoms with E-state index in [9.17, 15) is 8.42 Å². The fourth-order valence-corrected chi connectivity index (χ4v) is 4.94. The number of nitrogens with two attached hydrogens (primary N) is 1. The maximum absolute atomic E-state index is 12.5. The summed E-state index contributed by atoms with van der Waals surface area (Å²) in [5.74, 6) is 0.695. The van der Waals surface area contributed by atoms with Gasteiger partial charge in [0.15, 0.2) is 0 Å². The van der Waals surface area contributed by atoms with E-state index in [1.54, 1.807) is 0 Å². The molecule has 0 amide bonds. The third kappa shape index (κ3) is 2.94. The molecule has 1 aromatic carbocycles. The average molecular weight is 349 g/mol. The van der Waals surface area contributed by atoms with Gasteiger partial charge in [-0.1, -0.05) is 23.2 Å². The lowest BCUT2D eigenvalue weighted by Gasteiger charge is -2.16. The first-order valence-corrected chi connectivity index (χ1v) is 9.30. The minimum absolute atomic E-state index is 0.0561. The molecule has 21 heavy (non-hydrogen) atoms. The van der Waals surface area contributed by atoms with Gasteiger partial charge in [-0.2, -0.15) is 0 Å². The van der Waals surface area contributed by atoms with E-state index in [1.165, 1.54) is 25.0 Å². The maximum atomic E-state index is 12.5. The van der Waals surface area contributed by atoms with Crippen molar-refractivity contribution in [3.63, 3.8) is 0 Å². The Morgan fingerprint density at radius 1 is 1.29 bits per heavy atom. The number of halogens is 2. The number of sulfonamides is 1. The molecule has 2 saturated carbocycles. The topological polar surface area (TPSA) is 72.2 Å². The Balaban J connectivity index is 1.81. The molecule has 0 unspecified atom stereocenters. The van der Waals surface area contributed by atoms with Gasteiger partial charge < -0.3 is 5.73 Å². The van der Waals surface area contributed by atoms with E-state index in [2.05, 4.69) is 4.72 Å². The zero-order valence-electron chi connectivity index (χ0n) is 11.5. The van der Waals surface area contributed by atoms with Gasteiger partial charge in [-0.25, -0.2) is 13.1 Å². The summed E-state index contributed by atoms with van der Waals surface area (Å²) in [5.41, 5.74) is 6.24. The summed E-state index contributed by atoms with van der Waals surface area (Å²) in [7, 11) is -3.64. The Morgan fingerprint density at radius 2 is 1.95 bits per heavy atom. The van der Waals surface area contributed by atoms with Crippen LogP contribution in [-0.4, -0.2) is 15.0 Å². The van der Waals surface area contributed by atoms with Gasteiger partial charge in [0.2, 0.25) is 10.0 Å². The molecule has 0 atom stereocenters. The van der Waals surface area contributed by atoms with E-state index in [4.69, 9.17) is 28.9 Å². The van der Waals surface area contributed by atoms with E-state index in [0.717, 1.165) is 12.8 Å². The van der Waals surface area contributed by atoms with Crippen LogP contribution in [0.3, 0.4) is 0 Å². The zero-order valence-corrected chi connectivity index (χ0v) is 13.9. The second-order valence-corrected chi connectivity index (χ2v) is 8.52. The van der Waals surface area contributed by atoms with Crippen LogP contribution in [0.25, 0.3) is 0 Å². The molecule has 0 radical (unpaired) electrons. The molecule has 0 aliphatic heterocycles. The van der Waals surface area contributed by atoms with Crippen molar-refractivity contribution in [2.45, 2.75) is 37.1 Å². The van der Waals surface area contributed by atoms with Crippen molar-refractivity contribution in [2.24, 2.45) is 17.1 Å². The van der Waals surface area contributed by atoms with Crippen LogP contribution in [-0.2, 0) is 16.6 Å². The summed E-state index contributed by atoms with van der Waals surface area (Å²) >= 11 is 12.1. The molecule has 0 bridgehead atoms. The highest BCUT2D eigenvalue weighted by Gasteiger charge is 2.53. The number of hydrogen-bond donors (Lipinski definition) is 2. The lowest BCUT2D eigenvalue weighted by Crippen LogP contribution is -2.31. The monoisotopic (exact) mass is 348 g/mol. The Hall–Kier alpha value is -0.330. The lowest BCUT2D eigenvalue weighted by atomic mass is 10.0. The average Bonchev–Trinajstić information content (AvgIpc) is 3.28. The van der Waals surface area contributed by atoms with Crippen molar-refractivity contribution in [3.05, 3.63) is 27.7 Å². The van der Waals surface area contributed by atoms with Gasteiger partial charge in [0.25, 0.3) is 0 Å². The molecule has 116 valence electrons. The Labute approximate surface area is 135 Å². The minimum atomic E-state index is -3.64. The van der Waals surface area contributed by atoms with E-state index >= 15 is 0 Å². The predicted octanol–water partition coefficient (Wildman–Crippen LogP) is 2.92. The van der Waals surface area contributed by atoms with Crippen LogP contribution in [0.4, 0.5) is 0 Å². The molecule has 7 heteroatoms. The summed E-state index contributed by atoms with van der Waals surface area (Å²) in [6, 6.07) is 2.96. The highest BCUT2D eigenvalue weighted by molar-refractivity contribution is 7.89.